The van der Waals surface area contributed by atoms with Gasteiger partial charge in [0.15, 0.2) is 0 Å². The lowest BCUT2D eigenvalue weighted by atomic mass is 9.98. The molecule has 3 rings (SSSR count). The summed E-state index contributed by atoms with van der Waals surface area (Å²) in [6.45, 7) is 0.797. The molecule has 2 aliphatic carbocycles. The second-order valence-electron chi connectivity index (χ2n) is 5.74. The molecule has 1 aromatic carbocycles. The summed E-state index contributed by atoms with van der Waals surface area (Å²) in [6.07, 6.45) is 5.34. The summed E-state index contributed by atoms with van der Waals surface area (Å²) in [7, 11) is 0. The Balaban J connectivity index is 1.59. The minimum atomic E-state index is -0.0524. The lowest BCUT2D eigenvalue weighted by molar-refractivity contribution is 0.0943. The lowest BCUT2D eigenvalue weighted by Crippen LogP contribution is -2.31. The van der Waals surface area contributed by atoms with Gasteiger partial charge in [-0.25, -0.2) is 0 Å². The van der Waals surface area contributed by atoms with Crippen molar-refractivity contribution in [3.05, 3.63) is 35.4 Å². The van der Waals surface area contributed by atoms with Gasteiger partial charge in [-0.15, -0.1) is 0 Å². The molecular formula is C16H18N2O. The Hall–Kier alpha value is -1.82. The number of nitrogens with one attached hydrogen (secondary N) is 1. The van der Waals surface area contributed by atoms with Crippen LogP contribution in [0.4, 0.5) is 0 Å². The van der Waals surface area contributed by atoms with Crippen LogP contribution in [-0.4, -0.2) is 12.5 Å². The highest BCUT2D eigenvalue weighted by Gasteiger charge is 2.41. The normalized spacial score (nSPS) is 18.1. The van der Waals surface area contributed by atoms with E-state index in [0.717, 1.165) is 18.4 Å². The molecule has 0 atom stereocenters. The molecule has 0 spiro atoms. The van der Waals surface area contributed by atoms with Crippen molar-refractivity contribution in [2.75, 3.05) is 6.54 Å². The molecular weight excluding hydrogens is 236 g/mol. The molecule has 1 aromatic rings. The minimum absolute atomic E-state index is 0.0524. The van der Waals surface area contributed by atoms with E-state index in [-0.39, 0.29) is 5.91 Å². The predicted octanol–water partition coefficient (Wildman–Crippen LogP) is 2.72. The summed E-state index contributed by atoms with van der Waals surface area (Å²) in [4.78, 5) is 12.1. The third-order valence-corrected chi connectivity index (χ3v) is 4.21. The topological polar surface area (TPSA) is 52.9 Å². The number of hydrogen-bond acceptors (Lipinski definition) is 2. The van der Waals surface area contributed by atoms with E-state index in [0.29, 0.717) is 17.0 Å². The monoisotopic (exact) mass is 254 g/mol. The van der Waals surface area contributed by atoms with Gasteiger partial charge in [0, 0.05) is 12.1 Å². The number of benzene rings is 1. The summed E-state index contributed by atoms with van der Waals surface area (Å²) in [5.41, 5.74) is 1.12. The third-order valence-electron chi connectivity index (χ3n) is 4.21. The Kier molecular flexibility index (Phi) is 3.25. The average molecular weight is 254 g/mol. The van der Waals surface area contributed by atoms with Crippen molar-refractivity contribution in [2.24, 2.45) is 17.8 Å². The highest BCUT2D eigenvalue weighted by atomic mass is 16.1. The van der Waals surface area contributed by atoms with Gasteiger partial charge in [-0.05, 0) is 61.6 Å². The average Bonchev–Trinajstić information content (AvgIpc) is 3.31. The molecule has 0 unspecified atom stereocenters. The largest absolute Gasteiger partial charge is 0.352 e. The molecule has 0 heterocycles. The smallest absolute Gasteiger partial charge is 0.251 e. The molecule has 2 fully saturated rings. The Morgan fingerprint density at radius 1 is 1.32 bits per heavy atom. The Bertz CT molecular complexity index is 512. The predicted molar refractivity (Wildman–Crippen MR) is 72.4 cm³/mol. The van der Waals surface area contributed by atoms with Crippen molar-refractivity contribution in [1.29, 1.82) is 5.26 Å². The van der Waals surface area contributed by atoms with E-state index in [1.54, 1.807) is 24.3 Å². The van der Waals surface area contributed by atoms with Crippen LogP contribution in [-0.2, 0) is 0 Å². The Morgan fingerprint density at radius 2 is 2.00 bits per heavy atom. The van der Waals surface area contributed by atoms with Gasteiger partial charge in [-0.3, -0.25) is 4.79 Å². The number of carbonyl (C=O) groups excluding carboxylic acids is 1. The fourth-order valence-electron chi connectivity index (χ4n) is 2.81. The van der Waals surface area contributed by atoms with E-state index in [9.17, 15) is 4.79 Å². The standard InChI is InChI=1S/C16H18N2O/c17-9-11-2-1-3-14(8-11)16(19)18-10-15(12-4-5-12)13-6-7-13/h1-3,8,12-13,15H,4-7,10H2,(H,18,19). The molecule has 3 heteroatoms. The van der Waals surface area contributed by atoms with Crippen LogP contribution in [0.15, 0.2) is 24.3 Å². The molecule has 0 saturated heterocycles. The van der Waals surface area contributed by atoms with Crippen molar-refractivity contribution in [1.82, 2.24) is 5.32 Å². The summed E-state index contributed by atoms with van der Waals surface area (Å²) < 4.78 is 0. The number of nitrogens with zero attached hydrogens (tertiary/aromatic N) is 1. The summed E-state index contributed by atoms with van der Waals surface area (Å²) in [6, 6.07) is 8.95. The van der Waals surface area contributed by atoms with E-state index < -0.39 is 0 Å². The van der Waals surface area contributed by atoms with Crippen LogP contribution in [0.25, 0.3) is 0 Å². The lowest BCUT2D eigenvalue weighted by Gasteiger charge is -2.16. The van der Waals surface area contributed by atoms with Crippen LogP contribution < -0.4 is 5.32 Å². The second-order valence-corrected chi connectivity index (χ2v) is 5.74. The van der Waals surface area contributed by atoms with E-state index >= 15 is 0 Å². The quantitative estimate of drug-likeness (QED) is 0.878. The first-order chi connectivity index (χ1) is 9.28. The Morgan fingerprint density at radius 3 is 2.58 bits per heavy atom. The van der Waals surface area contributed by atoms with E-state index in [4.69, 9.17) is 5.26 Å². The molecule has 1 N–H and O–H groups in total. The van der Waals surface area contributed by atoms with Crippen molar-refractivity contribution >= 4 is 5.91 Å². The molecule has 98 valence electrons. The SMILES string of the molecule is N#Cc1cccc(C(=O)NCC(C2CC2)C2CC2)c1. The molecule has 0 aliphatic heterocycles. The van der Waals surface area contributed by atoms with Crippen molar-refractivity contribution in [2.45, 2.75) is 25.7 Å². The molecule has 2 saturated carbocycles. The summed E-state index contributed by atoms with van der Waals surface area (Å²) >= 11 is 0. The number of carbonyl (C=O) groups is 1. The van der Waals surface area contributed by atoms with Crippen LogP contribution in [0, 0.1) is 29.1 Å². The first-order valence-corrected chi connectivity index (χ1v) is 7.06. The van der Waals surface area contributed by atoms with Gasteiger partial charge in [0.05, 0.1) is 11.6 Å². The third kappa shape index (κ3) is 2.96. The number of hydrogen-bond donors (Lipinski definition) is 1. The van der Waals surface area contributed by atoms with Gasteiger partial charge < -0.3 is 5.32 Å². The molecule has 2 aliphatic rings. The maximum absolute atomic E-state index is 12.1. The maximum atomic E-state index is 12.1. The highest BCUT2D eigenvalue weighted by molar-refractivity contribution is 5.94. The maximum Gasteiger partial charge on any atom is 0.251 e. The zero-order valence-corrected chi connectivity index (χ0v) is 10.9. The molecule has 0 radical (unpaired) electrons. The molecule has 0 aromatic heterocycles. The number of nitriles is 1. The zero-order valence-electron chi connectivity index (χ0n) is 10.9. The minimum Gasteiger partial charge on any atom is -0.352 e. The number of amides is 1. The van der Waals surface area contributed by atoms with Crippen LogP contribution >= 0.6 is 0 Å². The van der Waals surface area contributed by atoms with Gasteiger partial charge in [-0.2, -0.15) is 5.26 Å². The van der Waals surface area contributed by atoms with E-state index in [1.165, 1.54) is 25.7 Å². The first kappa shape index (κ1) is 12.2. The zero-order chi connectivity index (χ0) is 13.2. The summed E-state index contributed by atoms with van der Waals surface area (Å²) in [5, 5.41) is 11.9. The van der Waals surface area contributed by atoms with Crippen LogP contribution in [0.1, 0.15) is 41.6 Å². The molecule has 1 amide bonds. The summed E-state index contributed by atoms with van der Waals surface area (Å²) in [5.74, 6) is 2.32. The van der Waals surface area contributed by atoms with Crippen molar-refractivity contribution in [3.63, 3.8) is 0 Å². The van der Waals surface area contributed by atoms with Gasteiger partial charge in [-0.1, -0.05) is 6.07 Å². The molecule has 3 nitrogen and oxygen atoms in total. The van der Waals surface area contributed by atoms with Gasteiger partial charge in [0.25, 0.3) is 5.91 Å². The van der Waals surface area contributed by atoms with Gasteiger partial charge in [0.2, 0.25) is 0 Å². The fraction of sp³-hybridized carbons (Fsp3) is 0.500. The van der Waals surface area contributed by atoms with Crippen LogP contribution in [0.2, 0.25) is 0 Å². The second kappa shape index (κ2) is 5.05. The van der Waals surface area contributed by atoms with Gasteiger partial charge in [0.1, 0.15) is 0 Å². The van der Waals surface area contributed by atoms with E-state index in [1.807, 2.05) is 0 Å². The fourth-order valence-corrected chi connectivity index (χ4v) is 2.81. The Labute approximate surface area is 113 Å². The number of rotatable bonds is 5. The molecule has 19 heavy (non-hydrogen) atoms. The first-order valence-electron chi connectivity index (χ1n) is 7.06. The van der Waals surface area contributed by atoms with Crippen LogP contribution in [0.3, 0.4) is 0 Å². The van der Waals surface area contributed by atoms with Gasteiger partial charge >= 0.3 is 0 Å². The van der Waals surface area contributed by atoms with Crippen LogP contribution in [0.5, 0.6) is 0 Å². The van der Waals surface area contributed by atoms with E-state index in [2.05, 4.69) is 11.4 Å². The van der Waals surface area contributed by atoms with Crippen molar-refractivity contribution in [3.8, 4) is 6.07 Å². The molecule has 0 bridgehead atoms. The highest BCUT2D eigenvalue weighted by Crippen LogP contribution is 2.48. The van der Waals surface area contributed by atoms with Crippen molar-refractivity contribution < 1.29 is 4.79 Å².